The van der Waals surface area contributed by atoms with E-state index in [2.05, 4.69) is 9.97 Å². The summed E-state index contributed by atoms with van der Waals surface area (Å²) in [5, 5.41) is 0. The molecule has 22 heavy (non-hydrogen) atoms. The SMILES string of the molecule is c1ccc(-c2nc(-c3ccccc3)c3ncccc3n2)cc1. The lowest BCUT2D eigenvalue weighted by Crippen LogP contribution is -1.96. The van der Waals surface area contributed by atoms with Crippen molar-refractivity contribution in [2.75, 3.05) is 0 Å². The third-order valence-electron chi connectivity index (χ3n) is 3.53. The maximum atomic E-state index is 4.77. The van der Waals surface area contributed by atoms with Crippen LogP contribution in [-0.4, -0.2) is 15.0 Å². The maximum absolute atomic E-state index is 4.77. The number of nitrogens with zero attached hydrogens (tertiary/aromatic N) is 3. The normalized spacial score (nSPS) is 10.7. The zero-order valence-electron chi connectivity index (χ0n) is 11.8. The second kappa shape index (κ2) is 5.37. The lowest BCUT2D eigenvalue weighted by molar-refractivity contribution is 1.20. The molecule has 0 saturated heterocycles. The van der Waals surface area contributed by atoms with Crippen LogP contribution in [-0.2, 0) is 0 Å². The van der Waals surface area contributed by atoms with Gasteiger partial charge in [0.1, 0.15) is 11.2 Å². The van der Waals surface area contributed by atoms with Gasteiger partial charge >= 0.3 is 0 Å². The van der Waals surface area contributed by atoms with E-state index in [0.29, 0.717) is 0 Å². The van der Waals surface area contributed by atoms with Crippen molar-refractivity contribution in [2.24, 2.45) is 0 Å². The molecular weight excluding hydrogens is 270 g/mol. The minimum Gasteiger partial charge on any atom is -0.252 e. The molecule has 0 aliphatic carbocycles. The number of fused-ring (bicyclic) bond motifs is 1. The van der Waals surface area contributed by atoms with E-state index in [4.69, 9.17) is 4.98 Å². The molecule has 0 amide bonds. The number of pyridine rings is 1. The van der Waals surface area contributed by atoms with Crippen LogP contribution in [0.25, 0.3) is 33.7 Å². The molecule has 4 rings (SSSR count). The highest BCUT2D eigenvalue weighted by Crippen LogP contribution is 2.27. The van der Waals surface area contributed by atoms with Crippen LogP contribution in [0.1, 0.15) is 0 Å². The average Bonchev–Trinajstić information content (AvgIpc) is 2.62. The van der Waals surface area contributed by atoms with Gasteiger partial charge in [-0.05, 0) is 12.1 Å². The Labute approximate surface area is 128 Å². The third kappa shape index (κ3) is 2.23. The molecule has 0 unspecified atom stereocenters. The van der Waals surface area contributed by atoms with E-state index in [0.717, 1.165) is 33.7 Å². The number of hydrogen-bond donors (Lipinski definition) is 0. The number of hydrogen-bond acceptors (Lipinski definition) is 3. The predicted octanol–water partition coefficient (Wildman–Crippen LogP) is 4.36. The number of benzene rings is 2. The molecule has 0 N–H and O–H groups in total. The molecule has 0 spiro atoms. The topological polar surface area (TPSA) is 38.7 Å². The monoisotopic (exact) mass is 283 g/mol. The van der Waals surface area contributed by atoms with Gasteiger partial charge in [0.15, 0.2) is 5.82 Å². The van der Waals surface area contributed by atoms with Crippen LogP contribution in [0.15, 0.2) is 79.0 Å². The highest BCUT2D eigenvalue weighted by Gasteiger charge is 2.11. The Kier molecular flexibility index (Phi) is 3.09. The van der Waals surface area contributed by atoms with Crippen LogP contribution in [0.5, 0.6) is 0 Å². The average molecular weight is 283 g/mol. The molecule has 0 saturated carbocycles. The summed E-state index contributed by atoms with van der Waals surface area (Å²) in [5.41, 5.74) is 4.60. The summed E-state index contributed by atoms with van der Waals surface area (Å²) in [5.74, 6) is 0.722. The summed E-state index contributed by atoms with van der Waals surface area (Å²) < 4.78 is 0. The molecule has 0 bridgehead atoms. The van der Waals surface area contributed by atoms with Gasteiger partial charge in [-0.3, -0.25) is 4.98 Å². The fourth-order valence-corrected chi connectivity index (χ4v) is 2.48. The smallest absolute Gasteiger partial charge is 0.160 e. The predicted molar refractivity (Wildman–Crippen MR) is 88.2 cm³/mol. The second-order valence-corrected chi connectivity index (χ2v) is 5.00. The molecule has 0 fully saturated rings. The molecule has 2 aromatic carbocycles. The number of aromatic nitrogens is 3. The molecule has 2 aromatic heterocycles. The molecule has 3 heteroatoms. The van der Waals surface area contributed by atoms with Crippen molar-refractivity contribution in [3.8, 4) is 22.6 Å². The maximum Gasteiger partial charge on any atom is 0.160 e. The van der Waals surface area contributed by atoms with Crippen molar-refractivity contribution in [2.45, 2.75) is 0 Å². The first-order valence-electron chi connectivity index (χ1n) is 7.15. The first kappa shape index (κ1) is 12.7. The van der Waals surface area contributed by atoms with Gasteiger partial charge in [-0.15, -0.1) is 0 Å². The van der Waals surface area contributed by atoms with Crippen molar-refractivity contribution in [3.63, 3.8) is 0 Å². The highest BCUT2D eigenvalue weighted by atomic mass is 14.9. The Balaban J connectivity index is 2.02. The summed E-state index contributed by atoms with van der Waals surface area (Å²) in [6.45, 7) is 0. The molecular formula is C19H13N3. The summed E-state index contributed by atoms with van der Waals surface area (Å²) in [6.07, 6.45) is 1.78. The highest BCUT2D eigenvalue weighted by molar-refractivity contribution is 5.90. The van der Waals surface area contributed by atoms with E-state index in [9.17, 15) is 0 Å². The Morgan fingerprint density at radius 1 is 0.591 bits per heavy atom. The standard InChI is InChI=1S/C19H13N3/c1-3-8-14(9-4-1)17-18-16(12-7-13-20-18)21-19(22-17)15-10-5-2-6-11-15/h1-13H. The van der Waals surface area contributed by atoms with E-state index in [1.807, 2.05) is 72.8 Å². The zero-order chi connectivity index (χ0) is 14.8. The van der Waals surface area contributed by atoms with Crippen molar-refractivity contribution < 1.29 is 0 Å². The lowest BCUT2D eigenvalue weighted by atomic mass is 10.1. The van der Waals surface area contributed by atoms with Gasteiger partial charge < -0.3 is 0 Å². The fraction of sp³-hybridized carbons (Fsp3) is 0. The van der Waals surface area contributed by atoms with Crippen LogP contribution >= 0.6 is 0 Å². The van der Waals surface area contributed by atoms with E-state index in [1.165, 1.54) is 0 Å². The van der Waals surface area contributed by atoms with E-state index in [-0.39, 0.29) is 0 Å². The zero-order valence-corrected chi connectivity index (χ0v) is 11.8. The van der Waals surface area contributed by atoms with Gasteiger partial charge in [0, 0.05) is 17.3 Å². The van der Waals surface area contributed by atoms with Crippen molar-refractivity contribution in [3.05, 3.63) is 79.0 Å². The minimum absolute atomic E-state index is 0.722. The quantitative estimate of drug-likeness (QED) is 0.548. The van der Waals surface area contributed by atoms with Crippen LogP contribution in [0.4, 0.5) is 0 Å². The number of rotatable bonds is 2. The molecule has 0 aliphatic rings. The Bertz CT molecular complexity index is 919. The summed E-state index contributed by atoms with van der Waals surface area (Å²) >= 11 is 0. The molecule has 0 atom stereocenters. The van der Waals surface area contributed by atoms with Gasteiger partial charge in [0.05, 0.1) is 5.52 Å². The van der Waals surface area contributed by atoms with Gasteiger partial charge in [-0.1, -0.05) is 60.7 Å². The van der Waals surface area contributed by atoms with E-state index < -0.39 is 0 Å². The summed E-state index contributed by atoms with van der Waals surface area (Å²) in [6, 6.07) is 24.0. The van der Waals surface area contributed by atoms with Gasteiger partial charge in [-0.25, -0.2) is 9.97 Å². The van der Waals surface area contributed by atoms with Crippen molar-refractivity contribution >= 4 is 11.0 Å². The Morgan fingerprint density at radius 2 is 1.27 bits per heavy atom. The third-order valence-corrected chi connectivity index (χ3v) is 3.53. The van der Waals surface area contributed by atoms with Gasteiger partial charge in [0.2, 0.25) is 0 Å². The summed E-state index contributed by atoms with van der Waals surface area (Å²) in [7, 11) is 0. The van der Waals surface area contributed by atoms with Crippen LogP contribution in [0.3, 0.4) is 0 Å². The van der Waals surface area contributed by atoms with Crippen molar-refractivity contribution in [1.29, 1.82) is 0 Å². The van der Waals surface area contributed by atoms with Gasteiger partial charge in [-0.2, -0.15) is 0 Å². The minimum atomic E-state index is 0.722. The fourth-order valence-electron chi connectivity index (χ4n) is 2.48. The summed E-state index contributed by atoms with van der Waals surface area (Å²) in [4.78, 5) is 13.9. The van der Waals surface area contributed by atoms with E-state index in [1.54, 1.807) is 6.20 Å². The first-order chi connectivity index (χ1) is 10.9. The molecule has 4 aromatic rings. The Morgan fingerprint density at radius 3 is 2.00 bits per heavy atom. The Hall–Kier alpha value is -3.07. The second-order valence-electron chi connectivity index (χ2n) is 5.00. The molecule has 104 valence electrons. The van der Waals surface area contributed by atoms with Crippen LogP contribution in [0, 0.1) is 0 Å². The molecule has 3 nitrogen and oxygen atoms in total. The van der Waals surface area contributed by atoms with Crippen molar-refractivity contribution in [1.82, 2.24) is 15.0 Å². The molecule has 2 heterocycles. The largest absolute Gasteiger partial charge is 0.252 e. The first-order valence-corrected chi connectivity index (χ1v) is 7.15. The van der Waals surface area contributed by atoms with Crippen LogP contribution in [0.2, 0.25) is 0 Å². The van der Waals surface area contributed by atoms with E-state index >= 15 is 0 Å². The molecule has 0 radical (unpaired) electrons. The van der Waals surface area contributed by atoms with Gasteiger partial charge in [0.25, 0.3) is 0 Å². The lowest BCUT2D eigenvalue weighted by Gasteiger charge is -2.08. The molecule has 0 aliphatic heterocycles. The van der Waals surface area contributed by atoms with Crippen LogP contribution < -0.4 is 0 Å².